The number of benzene rings is 2. The van der Waals surface area contributed by atoms with Crippen molar-refractivity contribution < 1.29 is 18.9 Å². The van der Waals surface area contributed by atoms with Gasteiger partial charge in [0.05, 0.1) is 19.7 Å². The van der Waals surface area contributed by atoms with Crippen molar-refractivity contribution in [3.63, 3.8) is 0 Å². The van der Waals surface area contributed by atoms with Crippen LogP contribution in [0.3, 0.4) is 0 Å². The van der Waals surface area contributed by atoms with Crippen molar-refractivity contribution in [1.29, 1.82) is 0 Å². The zero-order chi connectivity index (χ0) is 18.1. The van der Waals surface area contributed by atoms with Crippen molar-refractivity contribution in [3.8, 4) is 23.0 Å². The molecule has 7 nitrogen and oxygen atoms in total. The molecule has 0 saturated heterocycles. The van der Waals surface area contributed by atoms with Crippen LogP contribution in [0.5, 0.6) is 23.0 Å². The maximum absolute atomic E-state index is 12.4. The normalized spacial score (nSPS) is 12.2. The molecule has 1 aliphatic rings. The highest BCUT2D eigenvalue weighted by molar-refractivity contribution is 5.83. The van der Waals surface area contributed by atoms with Crippen LogP contribution in [0.4, 0.5) is 5.69 Å². The molecule has 1 aromatic heterocycles. The number of ether oxygens (including phenoxy) is 4. The molecule has 0 bridgehead atoms. The highest BCUT2D eigenvalue weighted by Gasteiger charge is 2.13. The van der Waals surface area contributed by atoms with Gasteiger partial charge in [0.1, 0.15) is 0 Å². The van der Waals surface area contributed by atoms with Crippen molar-refractivity contribution in [3.05, 3.63) is 52.3 Å². The summed E-state index contributed by atoms with van der Waals surface area (Å²) in [7, 11) is 3.14. The number of anilines is 1. The van der Waals surface area contributed by atoms with Crippen molar-refractivity contribution in [2.45, 2.75) is 6.54 Å². The lowest BCUT2D eigenvalue weighted by Crippen LogP contribution is -2.15. The summed E-state index contributed by atoms with van der Waals surface area (Å²) in [6.45, 7) is 0.605. The maximum atomic E-state index is 12.4. The molecule has 0 radical (unpaired) electrons. The minimum absolute atomic E-state index is 0.155. The van der Waals surface area contributed by atoms with Gasteiger partial charge in [-0.3, -0.25) is 4.79 Å². The molecule has 0 atom stereocenters. The van der Waals surface area contributed by atoms with E-state index in [1.54, 1.807) is 20.3 Å². The van der Waals surface area contributed by atoms with Gasteiger partial charge >= 0.3 is 0 Å². The SMILES string of the molecule is COc1cc2cc(CNc3ccc4c(c3)OCO4)c(=O)[nH]c2cc1OC. The molecule has 2 N–H and O–H groups in total. The summed E-state index contributed by atoms with van der Waals surface area (Å²) in [6, 6.07) is 11.0. The van der Waals surface area contributed by atoms with E-state index < -0.39 is 0 Å². The molecule has 2 heterocycles. The predicted octanol–water partition coefficient (Wildman–Crippen LogP) is 2.89. The molecule has 2 aromatic carbocycles. The molecule has 0 fully saturated rings. The van der Waals surface area contributed by atoms with E-state index in [1.807, 2.05) is 30.3 Å². The molecule has 1 aliphatic heterocycles. The minimum atomic E-state index is -0.155. The summed E-state index contributed by atoms with van der Waals surface area (Å²) in [6.07, 6.45) is 0. The van der Waals surface area contributed by atoms with E-state index in [4.69, 9.17) is 18.9 Å². The fourth-order valence-corrected chi connectivity index (χ4v) is 2.91. The highest BCUT2D eigenvalue weighted by Crippen LogP contribution is 2.34. The number of aromatic nitrogens is 1. The first-order valence-corrected chi connectivity index (χ1v) is 8.09. The number of H-pyrrole nitrogens is 1. The van der Waals surface area contributed by atoms with E-state index >= 15 is 0 Å². The second-order valence-electron chi connectivity index (χ2n) is 5.84. The second-order valence-corrected chi connectivity index (χ2v) is 5.84. The Kier molecular flexibility index (Phi) is 4.04. The Labute approximate surface area is 149 Å². The minimum Gasteiger partial charge on any atom is -0.493 e. The van der Waals surface area contributed by atoms with Crippen LogP contribution < -0.4 is 29.8 Å². The van der Waals surface area contributed by atoms with Gasteiger partial charge in [-0.1, -0.05) is 0 Å². The Morgan fingerprint density at radius 3 is 2.62 bits per heavy atom. The molecule has 4 rings (SSSR count). The number of hydrogen-bond donors (Lipinski definition) is 2. The van der Waals surface area contributed by atoms with E-state index in [9.17, 15) is 4.79 Å². The molecule has 0 unspecified atom stereocenters. The van der Waals surface area contributed by atoms with E-state index in [-0.39, 0.29) is 12.4 Å². The van der Waals surface area contributed by atoms with Gasteiger partial charge < -0.3 is 29.2 Å². The van der Waals surface area contributed by atoms with Gasteiger partial charge in [-0.15, -0.1) is 0 Å². The Morgan fingerprint density at radius 1 is 1.04 bits per heavy atom. The monoisotopic (exact) mass is 354 g/mol. The fourth-order valence-electron chi connectivity index (χ4n) is 2.91. The van der Waals surface area contributed by atoms with Crippen molar-refractivity contribution >= 4 is 16.6 Å². The van der Waals surface area contributed by atoms with Crippen LogP contribution in [0.2, 0.25) is 0 Å². The molecular weight excluding hydrogens is 336 g/mol. The average molecular weight is 354 g/mol. The standard InChI is InChI=1S/C19H18N2O5/c1-23-16-6-11-5-12(19(22)21-14(11)8-17(16)24-2)9-20-13-3-4-15-18(7-13)26-10-25-15/h3-8,20H,9-10H2,1-2H3,(H,21,22). The van der Waals surface area contributed by atoms with Crippen LogP contribution in [0, 0.1) is 0 Å². The Bertz CT molecular complexity index is 1030. The van der Waals surface area contributed by atoms with Gasteiger partial charge in [0.2, 0.25) is 6.79 Å². The van der Waals surface area contributed by atoms with Crippen LogP contribution in [0.15, 0.2) is 41.2 Å². The summed E-state index contributed by atoms with van der Waals surface area (Å²) in [5.41, 5.74) is 2.00. The van der Waals surface area contributed by atoms with Crippen molar-refractivity contribution in [2.24, 2.45) is 0 Å². The molecule has 134 valence electrons. The average Bonchev–Trinajstić information content (AvgIpc) is 3.13. The first-order chi connectivity index (χ1) is 12.7. The van der Waals surface area contributed by atoms with E-state index in [0.29, 0.717) is 34.9 Å². The molecule has 0 amide bonds. The van der Waals surface area contributed by atoms with Crippen LogP contribution in [0.25, 0.3) is 10.9 Å². The molecule has 7 heteroatoms. The lowest BCUT2D eigenvalue weighted by atomic mass is 10.1. The van der Waals surface area contributed by atoms with Gasteiger partial charge in [-0.2, -0.15) is 0 Å². The van der Waals surface area contributed by atoms with Crippen molar-refractivity contribution in [1.82, 2.24) is 4.98 Å². The van der Waals surface area contributed by atoms with Gasteiger partial charge in [-0.25, -0.2) is 0 Å². The number of aromatic amines is 1. The summed E-state index contributed by atoms with van der Waals surface area (Å²) >= 11 is 0. The summed E-state index contributed by atoms with van der Waals surface area (Å²) in [4.78, 5) is 15.3. The third-order valence-corrected chi connectivity index (χ3v) is 4.28. The largest absolute Gasteiger partial charge is 0.493 e. The zero-order valence-electron chi connectivity index (χ0n) is 14.4. The van der Waals surface area contributed by atoms with E-state index in [1.165, 1.54) is 0 Å². The van der Waals surface area contributed by atoms with Gasteiger partial charge in [-0.05, 0) is 24.3 Å². The van der Waals surface area contributed by atoms with Crippen LogP contribution >= 0.6 is 0 Å². The first-order valence-electron chi connectivity index (χ1n) is 8.09. The summed E-state index contributed by atoms with van der Waals surface area (Å²) in [5.74, 6) is 2.60. The Hall–Kier alpha value is -3.35. The summed E-state index contributed by atoms with van der Waals surface area (Å²) < 4.78 is 21.3. The Balaban J connectivity index is 1.62. The van der Waals surface area contributed by atoms with Crippen LogP contribution in [-0.4, -0.2) is 26.0 Å². The Morgan fingerprint density at radius 2 is 1.81 bits per heavy atom. The molecule has 0 spiro atoms. The maximum Gasteiger partial charge on any atom is 0.253 e. The highest BCUT2D eigenvalue weighted by atomic mass is 16.7. The molecule has 0 aliphatic carbocycles. The first kappa shape index (κ1) is 16.1. The zero-order valence-corrected chi connectivity index (χ0v) is 14.4. The molecular formula is C19H18N2O5. The number of methoxy groups -OCH3 is 2. The molecule has 0 saturated carbocycles. The fraction of sp³-hybridized carbons (Fsp3) is 0.211. The van der Waals surface area contributed by atoms with Crippen LogP contribution in [0.1, 0.15) is 5.56 Å². The third-order valence-electron chi connectivity index (χ3n) is 4.28. The van der Waals surface area contributed by atoms with E-state index in [0.717, 1.165) is 16.8 Å². The quantitative estimate of drug-likeness (QED) is 0.733. The lowest BCUT2D eigenvalue weighted by molar-refractivity contribution is 0.174. The van der Waals surface area contributed by atoms with Crippen molar-refractivity contribution in [2.75, 3.05) is 26.3 Å². The third kappa shape index (κ3) is 2.88. The van der Waals surface area contributed by atoms with Gasteiger partial charge in [0.15, 0.2) is 23.0 Å². The predicted molar refractivity (Wildman–Crippen MR) is 97.6 cm³/mol. The molecule has 3 aromatic rings. The van der Waals surface area contributed by atoms with E-state index in [2.05, 4.69) is 10.3 Å². The number of nitrogens with one attached hydrogen (secondary N) is 2. The molecule has 26 heavy (non-hydrogen) atoms. The number of hydrogen-bond acceptors (Lipinski definition) is 6. The topological polar surface area (TPSA) is 81.8 Å². The second kappa shape index (κ2) is 6.51. The number of fused-ring (bicyclic) bond motifs is 2. The van der Waals surface area contributed by atoms with Crippen LogP contribution in [-0.2, 0) is 6.54 Å². The number of pyridine rings is 1. The summed E-state index contributed by atoms with van der Waals surface area (Å²) in [5, 5.41) is 4.10. The van der Waals surface area contributed by atoms with Gasteiger partial charge in [0, 0.05) is 35.3 Å². The lowest BCUT2D eigenvalue weighted by Gasteiger charge is -2.11. The number of rotatable bonds is 5. The van der Waals surface area contributed by atoms with Gasteiger partial charge in [0.25, 0.3) is 5.56 Å². The smallest absolute Gasteiger partial charge is 0.253 e.